The highest BCUT2D eigenvalue weighted by atomic mass is 19.1. The van der Waals surface area contributed by atoms with E-state index in [0.717, 1.165) is 37.3 Å². The van der Waals surface area contributed by atoms with Crippen LogP contribution in [-0.4, -0.2) is 48.9 Å². The van der Waals surface area contributed by atoms with Gasteiger partial charge >= 0.3 is 0 Å². The molecule has 2 aromatic rings. The van der Waals surface area contributed by atoms with Crippen LogP contribution >= 0.6 is 0 Å². The summed E-state index contributed by atoms with van der Waals surface area (Å²) in [5, 5.41) is 0. The number of carbonyl (C=O) groups excluding carboxylic acids is 1. The number of hydrogen-bond donors (Lipinski definition) is 0. The van der Waals surface area contributed by atoms with Gasteiger partial charge in [0.25, 0.3) is 0 Å². The minimum absolute atomic E-state index is 0.0787. The highest BCUT2D eigenvalue weighted by molar-refractivity contribution is 5.83. The van der Waals surface area contributed by atoms with Gasteiger partial charge in [-0.2, -0.15) is 0 Å². The summed E-state index contributed by atoms with van der Waals surface area (Å²) in [4.78, 5) is 16.8. The van der Waals surface area contributed by atoms with Gasteiger partial charge < -0.3 is 9.80 Å². The zero-order valence-electron chi connectivity index (χ0n) is 14.2. The Morgan fingerprint density at radius 3 is 2.33 bits per heavy atom. The Kier molecular flexibility index (Phi) is 4.95. The van der Waals surface area contributed by atoms with Crippen molar-refractivity contribution in [3.05, 3.63) is 59.9 Å². The van der Waals surface area contributed by atoms with Crippen molar-refractivity contribution in [3.8, 4) is 11.1 Å². The van der Waals surface area contributed by atoms with E-state index in [-0.39, 0.29) is 17.6 Å². The van der Waals surface area contributed by atoms with E-state index >= 15 is 0 Å². The van der Waals surface area contributed by atoms with Crippen molar-refractivity contribution in [2.24, 2.45) is 0 Å². The van der Waals surface area contributed by atoms with Gasteiger partial charge in [-0.25, -0.2) is 4.39 Å². The molecule has 0 unspecified atom stereocenters. The maximum Gasteiger partial charge on any atom is 0.229 e. The average Bonchev–Trinajstić information content (AvgIpc) is 2.62. The minimum atomic E-state index is -0.326. The molecule has 1 fully saturated rings. The quantitative estimate of drug-likeness (QED) is 0.863. The molecule has 0 N–H and O–H groups in total. The normalized spacial score (nSPS) is 16.9. The fourth-order valence-corrected chi connectivity index (χ4v) is 3.10. The van der Waals surface area contributed by atoms with Crippen molar-refractivity contribution in [2.75, 3.05) is 33.2 Å². The van der Waals surface area contributed by atoms with Crippen LogP contribution < -0.4 is 0 Å². The molecule has 1 saturated heterocycles. The monoisotopic (exact) mass is 326 g/mol. The molecule has 24 heavy (non-hydrogen) atoms. The minimum Gasteiger partial charge on any atom is -0.340 e. The molecule has 1 amide bonds. The van der Waals surface area contributed by atoms with Crippen molar-refractivity contribution < 1.29 is 9.18 Å². The zero-order chi connectivity index (χ0) is 17.1. The third-order valence-corrected chi connectivity index (χ3v) is 4.76. The lowest BCUT2D eigenvalue weighted by Gasteiger charge is -2.34. The lowest BCUT2D eigenvalue weighted by molar-refractivity contribution is -0.134. The molecule has 0 radical (unpaired) electrons. The van der Waals surface area contributed by atoms with Crippen LogP contribution in [0.4, 0.5) is 4.39 Å². The topological polar surface area (TPSA) is 23.6 Å². The number of piperazine rings is 1. The molecule has 1 atom stereocenters. The van der Waals surface area contributed by atoms with E-state index in [9.17, 15) is 9.18 Å². The van der Waals surface area contributed by atoms with Gasteiger partial charge in [-0.3, -0.25) is 4.79 Å². The second-order valence-electron chi connectivity index (χ2n) is 6.46. The first-order valence-electron chi connectivity index (χ1n) is 8.38. The largest absolute Gasteiger partial charge is 0.340 e. The Balaban J connectivity index is 1.77. The predicted molar refractivity (Wildman–Crippen MR) is 94.3 cm³/mol. The number of benzene rings is 2. The van der Waals surface area contributed by atoms with E-state index in [1.165, 1.54) is 6.07 Å². The molecule has 4 heteroatoms. The number of nitrogens with zero attached hydrogens (tertiary/aromatic N) is 2. The molecule has 0 saturated carbocycles. The molecular weight excluding hydrogens is 303 g/mol. The SMILES string of the molecule is C[C@@H](C(=O)N1CCN(C)CC1)c1ccc(-c2ccccc2)c(F)c1. The summed E-state index contributed by atoms with van der Waals surface area (Å²) >= 11 is 0. The van der Waals surface area contributed by atoms with Crippen LogP contribution in [-0.2, 0) is 4.79 Å². The van der Waals surface area contributed by atoms with E-state index in [1.54, 1.807) is 6.07 Å². The van der Waals surface area contributed by atoms with E-state index < -0.39 is 0 Å². The second-order valence-corrected chi connectivity index (χ2v) is 6.46. The molecule has 0 aliphatic carbocycles. The summed E-state index contributed by atoms with van der Waals surface area (Å²) < 4.78 is 14.5. The first-order chi connectivity index (χ1) is 11.6. The Bertz CT molecular complexity index is 709. The number of likely N-dealkylation sites (N-methyl/N-ethyl adjacent to an activating group) is 1. The maximum atomic E-state index is 14.5. The molecular formula is C20H23FN2O. The first-order valence-corrected chi connectivity index (χ1v) is 8.38. The van der Waals surface area contributed by atoms with E-state index in [2.05, 4.69) is 11.9 Å². The number of rotatable bonds is 3. The molecule has 1 aliphatic heterocycles. The second kappa shape index (κ2) is 7.14. The molecule has 0 spiro atoms. The van der Waals surface area contributed by atoms with E-state index in [0.29, 0.717) is 5.56 Å². The van der Waals surface area contributed by atoms with Gasteiger partial charge in [-0.1, -0.05) is 42.5 Å². The molecule has 0 aromatic heterocycles. The first kappa shape index (κ1) is 16.7. The van der Waals surface area contributed by atoms with E-state index in [4.69, 9.17) is 0 Å². The summed E-state index contributed by atoms with van der Waals surface area (Å²) in [6, 6.07) is 14.6. The average molecular weight is 326 g/mol. The van der Waals surface area contributed by atoms with Gasteiger partial charge in [0.05, 0.1) is 5.92 Å². The molecule has 3 rings (SSSR count). The molecule has 2 aromatic carbocycles. The fraction of sp³-hybridized carbons (Fsp3) is 0.350. The zero-order valence-corrected chi connectivity index (χ0v) is 14.2. The van der Waals surface area contributed by atoms with Crippen LogP contribution in [0.2, 0.25) is 0 Å². The molecule has 126 valence electrons. The maximum absolute atomic E-state index is 14.5. The van der Waals surface area contributed by atoms with Gasteiger partial charge in [0.1, 0.15) is 5.82 Å². The Morgan fingerprint density at radius 1 is 1.04 bits per heavy atom. The van der Waals surface area contributed by atoms with Crippen molar-refractivity contribution >= 4 is 5.91 Å². The molecule has 3 nitrogen and oxygen atoms in total. The summed E-state index contributed by atoms with van der Waals surface area (Å²) in [5.41, 5.74) is 2.15. The number of amides is 1. The van der Waals surface area contributed by atoms with Gasteiger partial charge in [0.2, 0.25) is 5.91 Å². The van der Waals surface area contributed by atoms with Gasteiger partial charge in [-0.15, -0.1) is 0 Å². The smallest absolute Gasteiger partial charge is 0.229 e. The van der Waals surface area contributed by atoms with Gasteiger partial charge in [-0.05, 0) is 31.2 Å². The summed E-state index contributed by atoms with van der Waals surface area (Å²) in [6.45, 7) is 5.12. The molecule has 1 heterocycles. The van der Waals surface area contributed by atoms with Crippen LogP contribution in [0.25, 0.3) is 11.1 Å². The Hall–Kier alpha value is -2.20. The third-order valence-electron chi connectivity index (χ3n) is 4.76. The van der Waals surface area contributed by atoms with Gasteiger partial charge in [0.15, 0.2) is 0 Å². The molecule has 0 bridgehead atoms. The summed E-state index contributed by atoms with van der Waals surface area (Å²) in [5.74, 6) is -0.528. The number of halogens is 1. The fourth-order valence-electron chi connectivity index (χ4n) is 3.10. The molecule has 1 aliphatic rings. The summed E-state index contributed by atoms with van der Waals surface area (Å²) in [6.07, 6.45) is 0. The lowest BCUT2D eigenvalue weighted by Crippen LogP contribution is -2.48. The lowest BCUT2D eigenvalue weighted by atomic mass is 9.95. The highest BCUT2D eigenvalue weighted by Gasteiger charge is 2.25. The van der Waals surface area contributed by atoms with Crippen LogP contribution in [0.15, 0.2) is 48.5 Å². The van der Waals surface area contributed by atoms with Crippen LogP contribution in [0.5, 0.6) is 0 Å². The third kappa shape index (κ3) is 3.49. The van der Waals surface area contributed by atoms with Crippen molar-refractivity contribution in [1.29, 1.82) is 0 Å². The Morgan fingerprint density at radius 2 is 1.71 bits per heavy atom. The van der Waals surface area contributed by atoms with Gasteiger partial charge in [0, 0.05) is 31.7 Å². The Labute approximate surface area is 142 Å². The highest BCUT2D eigenvalue weighted by Crippen LogP contribution is 2.27. The van der Waals surface area contributed by atoms with Crippen LogP contribution in [0.3, 0.4) is 0 Å². The summed E-state index contributed by atoms with van der Waals surface area (Å²) in [7, 11) is 2.06. The number of carbonyl (C=O) groups is 1. The standard InChI is InChI=1S/C20H23FN2O/c1-15(20(24)23-12-10-22(2)11-13-23)17-8-9-18(19(21)14-17)16-6-4-3-5-7-16/h3-9,14-15H,10-13H2,1-2H3/t15-/m1/s1. The van der Waals surface area contributed by atoms with E-state index in [1.807, 2.05) is 48.2 Å². The van der Waals surface area contributed by atoms with Crippen molar-refractivity contribution in [1.82, 2.24) is 9.80 Å². The van der Waals surface area contributed by atoms with Crippen molar-refractivity contribution in [3.63, 3.8) is 0 Å². The van der Waals surface area contributed by atoms with Crippen LogP contribution in [0.1, 0.15) is 18.4 Å². The number of hydrogen-bond acceptors (Lipinski definition) is 2. The van der Waals surface area contributed by atoms with Crippen molar-refractivity contribution in [2.45, 2.75) is 12.8 Å². The van der Waals surface area contributed by atoms with Crippen LogP contribution in [0, 0.1) is 5.82 Å². The predicted octanol–water partition coefficient (Wildman–Crippen LogP) is 3.37.